The zero-order valence-electron chi connectivity index (χ0n) is 16.1. The van der Waals surface area contributed by atoms with Crippen LogP contribution in [0.25, 0.3) is 11.6 Å². The van der Waals surface area contributed by atoms with Gasteiger partial charge in [-0.25, -0.2) is 0 Å². The number of carbonyl (C=O) groups is 3. The maximum atomic E-state index is 12.8. The highest BCUT2D eigenvalue weighted by atomic mass is 32.2. The van der Waals surface area contributed by atoms with E-state index in [4.69, 9.17) is 4.42 Å². The van der Waals surface area contributed by atoms with E-state index in [-0.39, 0.29) is 23.4 Å². The molecule has 0 aliphatic heterocycles. The molecule has 0 unspecified atom stereocenters. The summed E-state index contributed by atoms with van der Waals surface area (Å²) in [6.07, 6.45) is 1.55. The average molecular weight is 413 g/mol. The Morgan fingerprint density at radius 1 is 1.10 bits per heavy atom. The van der Waals surface area contributed by atoms with Crippen LogP contribution in [0.1, 0.15) is 24.2 Å². The lowest BCUT2D eigenvalue weighted by atomic mass is 10.1. The van der Waals surface area contributed by atoms with Crippen LogP contribution in [0.2, 0.25) is 0 Å². The van der Waals surface area contributed by atoms with Gasteiger partial charge in [0.2, 0.25) is 11.8 Å². The number of benzene rings is 1. The van der Waals surface area contributed by atoms with Gasteiger partial charge in [0.15, 0.2) is 22.5 Å². The van der Waals surface area contributed by atoms with Crippen molar-refractivity contribution in [2.24, 2.45) is 7.05 Å². The number of thioether (sulfide) groups is 1. The molecule has 2 N–H and O–H groups in total. The first-order valence-corrected chi connectivity index (χ1v) is 9.62. The Kier molecular flexibility index (Phi) is 6.13. The predicted molar refractivity (Wildman–Crippen MR) is 109 cm³/mol. The van der Waals surface area contributed by atoms with Crippen LogP contribution >= 0.6 is 11.8 Å². The molecule has 0 saturated carbocycles. The smallest absolute Gasteiger partial charge is 0.221 e. The van der Waals surface area contributed by atoms with Gasteiger partial charge in [0, 0.05) is 32.1 Å². The maximum absolute atomic E-state index is 12.8. The second kappa shape index (κ2) is 8.74. The molecule has 29 heavy (non-hydrogen) atoms. The van der Waals surface area contributed by atoms with Crippen LogP contribution in [-0.2, 0) is 16.6 Å². The lowest BCUT2D eigenvalue weighted by Gasteiger charge is -2.12. The molecular formula is C19H19N5O4S. The van der Waals surface area contributed by atoms with E-state index in [1.165, 1.54) is 25.6 Å². The van der Waals surface area contributed by atoms with Gasteiger partial charge in [0.1, 0.15) is 0 Å². The topological polar surface area (TPSA) is 119 Å². The molecule has 2 aromatic heterocycles. The Morgan fingerprint density at radius 2 is 1.86 bits per heavy atom. The molecular weight excluding hydrogens is 394 g/mol. The Labute approximate surface area is 170 Å². The Bertz CT molecular complexity index is 1060. The normalized spacial score (nSPS) is 10.6. The van der Waals surface area contributed by atoms with Crippen molar-refractivity contribution in [1.82, 2.24) is 14.8 Å². The number of rotatable bonds is 7. The number of hydrogen-bond acceptors (Lipinski definition) is 7. The van der Waals surface area contributed by atoms with Crippen LogP contribution in [0, 0.1) is 0 Å². The van der Waals surface area contributed by atoms with Crippen molar-refractivity contribution in [3.63, 3.8) is 0 Å². The number of nitrogens with zero attached hydrogens (tertiary/aromatic N) is 3. The van der Waals surface area contributed by atoms with E-state index < -0.39 is 0 Å². The van der Waals surface area contributed by atoms with Crippen LogP contribution in [-0.4, -0.2) is 38.1 Å². The third-order valence-electron chi connectivity index (χ3n) is 3.86. The van der Waals surface area contributed by atoms with Gasteiger partial charge >= 0.3 is 0 Å². The van der Waals surface area contributed by atoms with Crippen molar-refractivity contribution in [2.45, 2.75) is 19.0 Å². The van der Waals surface area contributed by atoms with E-state index in [1.807, 2.05) is 0 Å². The van der Waals surface area contributed by atoms with Crippen LogP contribution in [0.3, 0.4) is 0 Å². The van der Waals surface area contributed by atoms with Gasteiger partial charge < -0.3 is 19.6 Å². The monoisotopic (exact) mass is 413 g/mol. The van der Waals surface area contributed by atoms with E-state index in [9.17, 15) is 14.4 Å². The van der Waals surface area contributed by atoms with Crippen molar-refractivity contribution in [3.8, 4) is 11.6 Å². The number of nitrogens with one attached hydrogen (secondary N) is 2. The number of anilines is 2. The molecule has 2 heterocycles. The van der Waals surface area contributed by atoms with Gasteiger partial charge in [-0.15, -0.1) is 10.2 Å². The highest BCUT2D eigenvalue weighted by Gasteiger charge is 2.18. The second-order valence-corrected chi connectivity index (χ2v) is 7.12. The lowest BCUT2D eigenvalue weighted by molar-refractivity contribution is -0.115. The summed E-state index contributed by atoms with van der Waals surface area (Å²) in [7, 11) is 1.79. The summed E-state index contributed by atoms with van der Waals surface area (Å²) >= 11 is 1.23. The third-order valence-corrected chi connectivity index (χ3v) is 4.88. The van der Waals surface area contributed by atoms with Crippen molar-refractivity contribution < 1.29 is 18.8 Å². The minimum atomic E-state index is -0.317. The number of Topliss-reactive ketones (excluding diaryl/α,β-unsaturated/α-hetero) is 1. The first-order chi connectivity index (χ1) is 13.8. The molecule has 0 radical (unpaired) electrons. The fourth-order valence-corrected chi connectivity index (χ4v) is 3.42. The molecule has 1 aromatic carbocycles. The summed E-state index contributed by atoms with van der Waals surface area (Å²) in [5.74, 6) is 0.473. The summed E-state index contributed by atoms with van der Waals surface area (Å²) in [4.78, 5) is 35.5. The van der Waals surface area contributed by atoms with Crippen LogP contribution in [0.5, 0.6) is 0 Å². The van der Waals surface area contributed by atoms with Gasteiger partial charge in [-0.05, 0) is 30.3 Å². The fourth-order valence-electron chi connectivity index (χ4n) is 2.63. The van der Waals surface area contributed by atoms with Gasteiger partial charge in [0.05, 0.1) is 17.7 Å². The molecule has 0 aliphatic carbocycles. The highest BCUT2D eigenvalue weighted by Crippen LogP contribution is 2.26. The van der Waals surface area contributed by atoms with E-state index in [0.717, 1.165) is 0 Å². The number of aromatic nitrogens is 3. The van der Waals surface area contributed by atoms with E-state index in [1.54, 1.807) is 48.2 Å². The molecule has 3 aromatic rings. The van der Waals surface area contributed by atoms with Crippen LogP contribution < -0.4 is 10.6 Å². The number of amides is 2. The zero-order chi connectivity index (χ0) is 21.0. The largest absolute Gasteiger partial charge is 0.461 e. The van der Waals surface area contributed by atoms with Crippen LogP contribution in [0.15, 0.2) is 46.2 Å². The van der Waals surface area contributed by atoms with Gasteiger partial charge in [0.25, 0.3) is 0 Å². The van der Waals surface area contributed by atoms with Gasteiger partial charge in [-0.3, -0.25) is 14.4 Å². The number of furan rings is 1. The summed E-state index contributed by atoms with van der Waals surface area (Å²) < 4.78 is 7.07. The Hall–Kier alpha value is -3.40. The van der Waals surface area contributed by atoms with Crippen LogP contribution in [0.4, 0.5) is 11.4 Å². The maximum Gasteiger partial charge on any atom is 0.221 e. The first kappa shape index (κ1) is 20.3. The summed E-state index contributed by atoms with van der Waals surface area (Å²) in [6, 6.07) is 8.28. The minimum Gasteiger partial charge on any atom is -0.461 e. The Morgan fingerprint density at radius 3 is 2.52 bits per heavy atom. The molecule has 0 atom stereocenters. The molecule has 0 bridgehead atoms. The Balaban J connectivity index is 1.76. The molecule has 0 aliphatic rings. The van der Waals surface area contributed by atoms with Crippen molar-refractivity contribution in [2.75, 3.05) is 16.4 Å². The standard InChI is InChI=1S/C19H19N5O4S/c1-11(25)20-13-6-7-14(15(9-13)21-12(2)26)16(27)10-29-19-23-22-18(24(19)3)17-5-4-8-28-17/h4-9H,10H2,1-3H3,(H,20,25)(H,21,26). The molecule has 10 heteroatoms. The highest BCUT2D eigenvalue weighted by molar-refractivity contribution is 7.99. The molecule has 9 nitrogen and oxygen atoms in total. The number of carbonyl (C=O) groups excluding carboxylic acids is 3. The molecule has 0 spiro atoms. The summed E-state index contributed by atoms with van der Waals surface area (Å²) in [5.41, 5.74) is 1.17. The molecule has 150 valence electrons. The number of hydrogen-bond donors (Lipinski definition) is 2. The van der Waals surface area contributed by atoms with Crippen molar-refractivity contribution >= 4 is 40.7 Å². The lowest BCUT2D eigenvalue weighted by Crippen LogP contribution is -2.14. The molecule has 3 rings (SSSR count). The van der Waals surface area contributed by atoms with E-state index in [2.05, 4.69) is 20.8 Å². The minimum absolute atomic E-state index is 0.0934. The average Bonchev–Trinajstić information content (AvgIpc) is 3.28. The summed E-state index contributed by atoms with van der Waals surface area (Å²) in [5, 5.41) is 14.0. The second-order valence-electron chi connectivity index (χ2n) is 6.18. The van der Waals surface area contributed by atoms with E-state index in [0.29, 0.717) is 33.7 Å². The predicted octanol–water partition coefficient (Wildman–Crippen LogP) is 2.97. The molecule has 0 fully saturated rings. The SMILES string of the molecule is CC(=O)Nc1ccc(C(=O)CSc2nnc(-c3ccco3)n2C)c(NC(C)=O)c1. The molecule has 0 saturated heterocycles. The van der Waals surface area contributed by atoms with Gasteiger partial charge in [-0.2, -0.15) is 0 Å². The number of ketones is 1. The summed E-state index contributed by atoms with van der Waals surface area (Å²) in [6.45, 7) is 2.73. The van der Waals surface area contributed by atoms with Crippen molar-refractivity contribution in [1.29, 1.82) is 0 Å². The third kappa shape index (κ3) is 4.91. The zero-order valence-corrected chi connectivity index (χ0v) is 16.9. The van der Waals surface area contributed by atoms with Crippen molar-refractivity contribution in [3.05, 3.63) is 42.2 Å². The quantitative estimate of drug-likeness (QED) is 0.451. The molecule has 2 amide bonds. The van der Waals surface area contributed by atoms with E-state index >= 15 is 0 Å². The van der Waals surface area contributed by atoms with Gasteiger partial charge in [-0.1, -0.05) is 11.8 Å². The fraction of sp³-hybridized carbons (Fsp3) is 0.211. The first-order valence-electron chi connectivity index (χ1n) is 8.63.